The van der Waals surface area contributed by atoms with Crippen molar-refractivity contribution in [2.24, 2.45) is 0 Å². The third-order valence-electron chi connectivity index (χ3n) is 3.52. The fraction of sp³-hybridized carbons (Fsp3) is 0.333. The molecule has 1 nitrogen and oxygen atoms in total. The molecule has 82 valence electrons. The average molecular weight is 212 g/mol. The molecule has 1 N–H and O–H groups in total. The molecule has 0 heterocycles. The molecule has 2 aromatic rings. The van der Waals surface area contributed by atoms with Crippen molar-refractivity contribution in [2.75, 3.05) is 0 Å². The summed E-state index contributed by atoms with van der Waals surface area (Å²) in [5, 5.41) is 12.6. The van der Waals surface area contributed by atoms with Gasteiger partial charge in [-0.1, -0.05) is 36.4 Å². The van der Waals surface area contributed by atoms with Gasteiger partial charge in [-0.2, -0.15) is 0 Å². The summed E-state index contributed by atoms with van der Waals surface area (Å²) >= 11 is 0. The fourth-order valence-electron chi connectivity index (χ4n) is 2.76. The van der Waals surface area contributed by atoms with E-state index in [-0.39, 0.29) is 6.10 Å². The van der Waals surface area contributed by atoms with Crippen molar-refractivity contribution in [3.8, 4) is 0 Å². The first-order valence-corrected chi connectivity index (χ1v) is 6.02. The first kappa shape index (κ1) is 9.86. The molecule has 1 aliphatic rings. The van der Waals surface area contributed by atoms with Gasteiger partial charge in [0, 0.05) is 0 Å². The van der Waals surface area contributed by atoms with Crippen LogP contribution >= 0.6 is 0 Å². The van der Waals surface area contributed by atoms with Crippen LogP contribution in [0.3, 0.4) is 0 Å². The van der Waals surface area contributed by atoms with Gasteiger partial charge in [-0.05, 0) is 47.6 Å². The van der Waals surface area contributed by atoms with E-state index < -0.39 is 0 Å². The minimum Gasteiger partial charge on any atom is -0.393 e. The predicted octanol–water partition coefficient (Wildman–Crippen LogP) is 3.08. The maximum Gasteiger partial charge on any atom is 0.0580 e. The van der Waals surface area contributed by atoms with Crippen LogP contribution in [0.1, 0.15) is 24.0 Å². The normalized spacial score (nSPS) is 20.4. The maximum absolute atomic E-state index is 9.89. The Labute approximate surface area is 95.7 Å². The molecular formula is C15H16O. The molecule has 1 unspecified atom stereocenters. The van der Waals surface area contributed by atoms with Crippen molar-refractivity contribution in [3.63, 3.8) is 0 Å². The molecular weight excluding hydrogens is 196 g/mol. The second-order valence-electron chi connectivity index (χ2n) is 4.68. The van der Waals surface area contributed by atoms with Crippen LogP contribution in [-0.2, 0) is 12.8 Å². The van der Waals surface area contributed by atoms with Crippen molar-refractivity contribution in [1.82, 2.24) is 0 Å². The lowest BCUT2D eigenvalue weighted by molar-refractivity contribution is 0.162. The van der Waals surface area contributed by atoms with Gasteiger partial charge in [-0.25, -0.2) is 0 Å². The lowest BCUT2D eigenvalue weighted by atomic mass is 9.89. The Hall–Kier alpha value is -1.34. The zero-order valence-corrected chi connectivity index (χ0v) is 9.32. The molecule has 3 rings (SSSR count). The van der Waals surface area contributed by atoms with Gasteiger partial charge in [0.25, 0.3) is 0 Å². The Morgan fingerprint density at radius 3 is 2.56 bits per heavy atom. The largest absolute Gasteiger partial charge is 0.393 e. The van der Waals surface area contributed by atoms with Crippen LogP contribution in [0.25, 0.3) is 10.8 Å². The van der Waals surface area contributed by atoms with Crippen molar-refractivity contribution < 1.29 is 5.11 Å². The van der Waals surface area contributed by atoms with Gasteiger partial charge in [0.2, 0.25) is 0 Å². The smallest absolute Gasteiger partial charge is 0.0580 e. The van der Waals surface area contributed by atoms with Crippen molar-refractivity contribution in [2.45, 2.75) is 31.8 Å². The SMILES string of the molecule is OC1CCCc2cccc3cccc(c23)C1. The molecule has 0 bridgehead atoms. The van der Waals surface area contributed by atoms with Gasteiger partial charge >= 0.3 is 0 Å². The van der Waals surface area contributed by atoms with Gasteiger partial charge in [0.1, 0.15) is 0 Å². The summed E-state index contributed by atoms with van der Waals surface area (Å²) in [7, 11) is 0. The zero-order valence-electron chi connectivity index (χ0n) is 9.32. The Kier molecular flexibility index (Phi) is 2.41. The van der Waals surface area contributed by atoms with E-state index in [1.807, 2.05) is 0 Å². The lowest BCUT2D eigenvalue weighted by Crippen LogP contribution is -2.13. The van der Waals surface area contributed by atoms with E-state index in [4.69, 9.17) is 0 Å². The number of rotatable bonds is 0. The van der Waals surface area contributed by atoms with Crippen molar-refractivity contribution in [3.05, 3.63) is 47.5 Å². The van der Waals surface area contributed by atoms with E-state index in [2.05, 4.69) is 36.4 Å². The number of aliphatic hydroxyl groups excluding tert-OH is 1. The number of benzene rings is 2. The molecule has 1 atom stereocenters. The lowest BCUT2D eigenvalue weighted by Gasteiger charge is -2.18. The van der Waals surface area contributed by atoms with E-state index in [1.165, 1.54) is 21.9 Å². The van der Waals surface area contributed by atoms with Crippen molar-refractivity contribution >= 4 is 10.8 Å². The quantitative estimate of drug-likeness (QED) is 0.711. The van der Waals surface area contributed by atoms with Crippen LogP contribution < -0.4 is 0 Å². The summed E-state index contributed by atoms with van der Waals surface area (Å²) < 4.78 is 0. The summed E-state index contributed by atoms with van der Waals surface area (Å²) in [6.45, 7) is 0. The molecule has 0 aromatic heterocycles. The second-order valence-corrected chi connectivity index (χ2v) is 4.68. The van der Waals surface area contributed by atoms with Crippen LogP contribution in [0.15, 0.2) is 36.4 Å². The van der Waals surface area contributed by atoms with Crippen LogP contribution in [0.4, 0.5) is 0 Å². The Morgan fingerprint density at radius 1 is 1.00 bits per heavy atom. The predicted molar refractivity (Wildman–Crippen MR) is 66.6 cm³/mol. The zero-order chi connectivity index (χ0) is 11.0. The van der Waals surface area contributed by atoms with Gasteiger partial charge < -0.3 is 5.11 Å². The molecule has 16 heavy (non-hydrogen) atoms. The first-order chi connectivity index (χ1) is 7.84. The number of aryl methyl sites for hydroxylation is 1. The first-order valence-electron chi connectivity index (χ1n) is 6.02. The van der Waals surface area contributed by atoms with Crippen LogP contribution in [-0.4, -0.2) is 11.2 Å². The highest BCUT2D eigenvalue weighted by Gasteiger charge is 2.14. The maximum atomic E-state index is 9.89. The Balaban J connectivity index is 2.27. The second kappa shape index (κ2) is 3.91. The highest BCUT2D eigenvalue weighted by molar-refractivity contribution is 5.89. The van der Waals surface area contributed by atoms with Crippen LogP contribution in [0, 0.1) is 0 Å². The molecule has 2 aromatic carbocycles. The molecule has 0 radical (unpaired) electrons. The van der Waals surface area contributed by atoms with E-state index in [9.17, 15) is 5.11 Å². The van der Waals surface area contributed by atoms with Crippen LogP contribution in [0.2, 0.25) is 0 Å². The third-order valence-corrected chi connectivity index (χ3v) is 3.52. The number of hydrogen-bond donors (Lipinski definition) is 1. The molecule has 0 amide bonds. The number of hydrogen-bond acceptors (Lipinski definition) is 1. The minimum absolute atomic E-state index is 0.168. The van der Waals surface area contributed by atoms with Gasteiger partial charge in [0.15, 0.2) is 0 Å². The minimum atomic E-state index is -0.168. The Bertz CT molecular complexity index is 511. The van der Waals surface area contributed by atoms with E-state index >= 15 is 0 Å². The highest BCUT2D eigenvalue weighted by atomic mass is 16.3. The average Bonchev–Trinajstić information content (AvgIpc) is 2.27. The highest BCUT2D eigenvalue weighted by Crippen LogP contribution is 2.28. The van der Waals surface area contributed by atoms with Gasteiger partial charge in [0.05, 0.1) is 6.10 Å². The third kappa shape index (κ3) is 1.61. The van der Waals surface area contributed by atoms with Crippen LogP contribution in [0.5, 0.6) is 0 Å². The summed E-state index contributed by atoms with van der Waals surface area (Å²) in [5.41, 5.74) is 2.75. The van der Waals surface area contributed by atoms with Gasteiger partial charge in [-0.15, -0.1) is 0 Å². The molecule has 0 spiro atoms. The van der Waals surface area contributed by atoms with E-state index in [1.54, 1.807) is 0 Å². The molecule has 0 aliphatic heterocycles. The number of aliphatic hydroxyl groups is 1. The Morgan fingerprint density at radius 2 is 1.75 bits per heavy atom. The summed E-state index contributed by atoms with van der Waals surface area (Å²) in [5.74, 6) is 0. The topological polar surface area (TPSA) is 20.2 Å². The van der Waals surface area contributed by atoms with E-state index in [0.29, 0.717) is 0 Å². The fourth-order valence-corrected chi connectivity index (χ4v) is 2.76. The molecule has 1 aliphatic carbocycles. The molecule has 0 saturated heterocycles. The van der Waals surface area contributed by atoms with E-state index in [0.717, 1.165) is 25.7 Å². The summed E-state index contributed by atoms with van der Waals surface area (Å²) in [6.07, 6.45) is 3.73. The van der Waals surface area contributed by atoms with Gasteiger partial charge in [-0.3, -0.25) is 0 Å². The summed E-state index contributed by atoms with van der Waals surface area (Å²) in [6, 6.07) is 12.9. The monoisotopic (exact) mass is 212 g/mol. The van der Waals surface area contributed by atoms with Crippen molar-refractivity contribution in [1.29, 1.82) is 0 Å². The molecule has 1 heteroatoms. The standard InChI is InChI=1S/C15H16O/c16-14-9-3-7-12-5-1-4-11-6-2-8-13(10-14)15(11)12/h1-2,4-6,8,14,16H,3,7,9-10H2. The summed E-state index contributed by atoms with van der Waals surface area (Å²) in [4.78, 5) is 0. The molecule has 0 fully saturated rings. The molecule has 0 saturated carbocycles.